The number of rotatable bonds is 2. The van der Waals surface area contributed by atoms with E-state index in [1.165, 1.54) is 0 Å². The standard InChI is InChI=1S/C11H5BrF2N2O3/c12-6-3-5(13)4-7(14)10(6)16-2-1-8(17)9(15-16)11(18)19/h1-4H,(H,18,19). The second-order valence-corrected chi connectivity index (χ2v) is 4.35. The fourth-order valence-corrected chi connectivity index (χ4v) is 2.02. The van der Waals surface area contributed by atoms with Gasteiger partial charge in [0.2, 0.25) is 11.1 Å². The van der Waals surface area contributed by atoms with Crippen LogP contribution in [-0.4, -0.2) is 20.9 Å². The molecular weight excluding hydrogens is 326 g/mol. The van der Waals surface area contributed by atoms with E-state index in [0.717, 1.165) is 23.0 Å². The van der Waals surface area contributed by atoms with Crippen molar-refractivity contribution < 1.29 is 18.7 Å². The Balaban J connectivity index is 2.70. The van der Waals surface area contributed by atoms with Gasteiger partial charge in [-0.05, 0) is 22.0 Å². The zero-order valence-electron chi connectivity index (χ0n) is 9.10. The third-order valence-electron chi connectivity index (χ3n) is 2.22. The molecule has 1 N–H and O–H groups in total. The summed E-state index contributed by atoms with van der Waals surface area (Å²) >= 11 is 2.95. The molecule has 1 aromatic carbocycles. The molecule has 0 atom stereocenters. The van der Waals surface area contributed by atoms with Crippen molar-refractivity contribution in [2.45, 2.75) is 0 Å². The van der Waals surface area contributed by atoms with E-state index in [9.17, 15) is 18.4 Å². The molecule has 0 unspecified atom stereocenters. The first-order valence-electron chi connectivity index (χ1n) is 4.88. The number of aromatic nitrogens is 2. The molecule has 0 saturated carbocycles. The molecular formula is C11H5BrF2N2O3. The smallest absolute Gasteiger partial charge is 0.360 e. The highest BCUT2D eigenvalue weighted by Crippen LogP contribution is 2.24. The van der Waals surface area contributed by atoms with Crippen molar-refractivity contribution in [2.75, 3.05) is 0 Å². The normalized spacial score (nSPS) is 10.5. The maximum Gasteiger partial charge on any atom is 0.360 e. The van der Waals surface area contributed by atoms with Crippen LogP contribution >= 0.6 is 15.9 Å². The number of carboxylic acids is 1. The molecule has 0 spiro atoms. The van der Waals surface area contributed by atoms with Crippen LogP contribution in [0.5, 0.6) is 0 Å². The predicted molar refractivity (Wildman–Crippen MR) is 64.4 cm³/mol. The summed E-state index contributed by atoms with van der Waals surface area (Å²) in [5.41, 5.74) is -1.75. The Hall–Kier alpha value is -2.09. The van der Waals surface area contributed by atoms with Crippen molar-refractivity contribution in [3.8, 4) is 5.69 Å². The molecule has 0 amide bonds. The molecule has 8 heteroatoms. The molecule has 1 heterocycles. The fraction of sp³-hybridized carbons (Fsp3) is 0. The Morgan fingerprint density at radius 1 is 1.37 bits per heavy atom. The van der Waals surface area contributed by atoms with Crippen LogP contribution in [0.25, 0.3) is 5.69 Å². The average Bonchev–Trinajstić information content (AvgIpc) is 2.29. The van der Waals surface area contributed by atoms with Gasteiger partial charge in [-0.1, -0.05) is 0 Å². The van der Waals surface area contributed by atoms with Gasteiger partial charge in [0.25, 0.3) is 0 Å². The number of carboxylic acid groups (broad SMARTS) is 1. The van der Waals surface area contributed by atoms with Crippen molar-refractivity contribution in [1.82, 2.24) is 9.78 Å². The van der Waals surface area contributed by atoms with E-state index < -0.39 is 28.7 Å². The van der Waals surface area contributed by atoms with Crippen molar-refractivity contribution in [2.24, 2.45) is 0 Å². The van der Waals surface area contributed by atoms with Gasteiger partial charge in [-0.15, -0.1) is 0 Å². The van der Waals surface area contributed by atoms with Crippen LogP contribution in [0.1, 0.15) is 10.5 Å². The first-order chi connectivity index (χ1) is 8.90. The van der Waals surface area contributed by atoms with Gasteiger partial charge in [0, 0.05) is 22.8 Å². The van der Waals surface area contributed by atoms with Gasteiger partial charge in [-0.2, -0.15) is 5.10 Å². The Labute approximate surface area is 113 Å². The zero-order valence-corrected chi connectivity index (χ0v) is 10.7. The molecule has 2 aromatic rings. The van der Waals surface area contributed by atoms with Crippen LogP contribution < -0.4 is 5.43 Å². The second kappa shape index (κ2) is 4.88. The predicted octanol–water partition coefficient (Wildman–Crippen LogP) is 1.97. The molecule has 0 aliphatic carbocycles. The minimum absolute atomic E-state index is 0.0393. The van der Waals surface area contributed by atoms with E-state index in [-0.39, 0.29) is 10.2 Å². The van der Waals surface area contributed by atoms with Crippen LogP contribution in [0.2, 0.25) is 0 Å². The van der Waals surface area contributed by atoms with Gasteiger partial charge < -0.3 is 5.11 Å². The molecule has 0 saturated heterocycles. The molecule has 19 heavy (non-hydrogen) atoms. The summed E-state index contributed by atoms with van der Waals surface area (Å²) in [7, 11) is 0. The Kier molecular flexibility index (Phi) is 3.43. The minimum Gasteiger partial charge on any atom is -0.476 e. The quantitative estimate of drug-likeness (QED) is 0.913. The third kappa shape index (κ3) is 2.53. The van der Waals surface area contributed by atoms with Crippen molar-refractivity contribution in [1.29, 1.82) is 0 Å². The fourth-order valence-electron chi connectivity index (χ4n) is 1.43. The van der Waals surface area contributed by atoms with E-state index in [1.807, 2.05) is 0 Å². The van der Waals surface area contributed by atoms with E-state index in [1.54, 1.807) is 0 Å². The number of benzene rings is 1. The van der Waals surface area contributed by atoms with E-state index in [0.29, 0.717) is 6.07 Å². The Morgan fingerprint density at radius 3 is 2.63 bits per heavy atom. The molecule has 2 rings (SSSR count). The maximum absolute atomic E-state index is 13.7. The topological polar surface area (TPSA) is 72.2 Å². The molecule has 0 fully saturated rings. The van der Waals surface area contributed by atoms with Gasteiger partial charge in [0.15, 0.2) is 5.82 Å². The second-order valence-electron chi connectivity index (χ2n) is 3.50. The van der Waals surface area contributed by atoms with Crippen LogP contribution in [-0.2, 0) is 0 Å². The first kappa shape index (κ1) is 13.3. The van der Waals surface area contributed by atoms with Gasteiger partial charge in [-0.25, -0.2) is 18.3 Å². The highest BCUT2D eigenvalue weighted by molar-refractivity contribution is 9.10. The third-order valence-corrected chi connectivity index (χ3v) is 2.83. The zero-order chi connectivity index (χ0) is 14.2. The number of hydrogen-bond acceptors (Lipinski definition) is 3. The summed E-state index contributed by atoms with van der Waals surface area (Å²) in [6.07, 6.45) is 1.09. The molecule has 98 valence electrons. The van der Waals surface area contributed by atoms with Crippen molar-refractivity contribution >= 4 is 21.9 Å². The van der Waals surface area contributed by atoms with Crippen LogP contribution in [0.3, 0.4) is 0 Å². The Bertz CT molecular complexity index is 707. The lowest BCUT2D eigenvalue weighted by Gasteiger charge is -2.09. The minimum atomic E-state index is -1.53. The summed E-state index contributed by atoms with van der Waals surface area (Å²) in [4.78, 5) is 22.0. The Morgan fingerprint density at radius 2 is 2.05 bits per heavy atom. The van der Waals surface area contributed by atoms with Gasteiger partial charge in [0.05, 0.1) is 0 Å². The van der Waals surface area contributed by atoms with Crippen LogP contribution in [0.15, 0.2) is 33.7 Å². The monoisotopic (exact) mass is 330 g/mol. The molecule has 0 radical (unpaired) electrons. The van der Waals surface area contributed by atoms with Crippen LogP contribution in [0, 0.1) is 11.6 Å². The lowest BCUT2D eigenvalue weighted by atomic mass is 10.3. The SMILES string of the molecule is O=C(O)c1nn(-c2c(F)cc(F)cc2Br)ccc1=O. The average molecular weight is 331 g/mol. The number of aromatic carboxylic acids is 1. The summed E-state index contributed by atoms with van der Waals surface area (Å²) in [5.74, 6) is -3.27. The van der Waals surface area contributed by atoms with Crippen LogP contribution in [0.4, 0.5) is 8.78 Å². The number of hydrogen-bond donors (Lipinski definition) is 1. The summed E-state index contributed by atoms with van der Waals surface area (Å²) in [6, 6.07) is 2.56. The molecule has 1 aromatic heterocycles. The number of nitrogens with zero attached hydrogens (tertiary/aromatic N) is 2. The number of halogens is 3. The molecule has 0 aliphatic heterocycles. The summed E-state index contributed by atoms with van der Waals surface area (Å²) < 4.78 is 27.5. The summed E-state index contributed by atoms with van der Waals surface area (Å²) in [6.45, 7) is 0. The van der Waals surface area contributed by atoms with E-state index in [2.05, 4.69) is 21.0 Å². The van der Waals surface area contributed by atoms with Crippen molar-refractivity contribution in [3.05, 3.63) is 56.4 Å². The van der Waals surface area contributed by atoms with E-state index in [4.69, 9.17) is 5.11 Å². The van der Waals surface area contributed by atoms with Gasteiger partial charge in [0.1, 0.15) is 11.5 Å². The highest BCUT2D eigenvalue weighted by atomic mass is 79.9. The molecule has 0 aliphatic rings. The lowest BCUT2D eigenvalue weighted by Crippen LogP contribution is -2.20. The molecule has 0 bridgehead atoms. The summed E-state index contributed by atoms with van der Waals surface area (Å²) in [5, 5.41) is 12.3. The maximum atomic E-state index is 13.7. The van der Waals surface area contributed by atoms with Gasteiger partial charge in [-0.3, -0.25) is 4.79 Å². The first-order valence-corrected chi connectivity index (χ1v) is 5.67. The molecule has 5 nitrogen and oxygen atoms in total. The van der Waals surface area contributed by atoms with Gasteiger partial charge >= 0.3 is 5.97 Å². The lowest BCUT2D eigenvalue weighted by molar-refractivity contribution is 0.0686. The number of carbonyl (C=O) groups is 1. The highest BCUT2D eigenvalue weighted by Gasteiger charge is 2.16. The van der Waals surface area contributed by atoms with E-state index >= 15 is 0 Å². The largest absolute Gasteiger partial charge is 0.476 e. The van der Waals surface area contributed by atoms with Crippen molar-refractivity contribution in [3.63, 3.8) is 0 Å².